The van der Waals surface area contributed by atoms with Crippen molar-refractivity contribution in [3.05, 3.63) is 48.5 Å². The minimum atomic E-state index is -3.75. The van der Waals surface area contributed by atoms with Crippen molar-refractivity contribution in [2.75, 3.05) is 35.9 Å². The molecule has 7 nitrogen and oxygen atoms in total. The van der Waals surface area contributed by atoms with Crippen LogP contribution in [-0.4, -0.2) is 47.9 Å². The van der Waals surface area contributed by atoms with Gasteiger partial charge in [0.2, 0.25) is 0 Å². The summed E-state index contributed by atoms with van der Waals surface area (Å²) in [7, 11) is -0.510. The van der Waals surface area contributed by atoms with Crippen LogP contribution in [0, 0.1) is 0 Å². The number of ether oxygens (including phenoxy) is 2. The number of anilines is 3. The van der Waals surface area contributed by atoms with Crippen LogP contribution in [0.1, 0.15) is 19.3 Å². The van der Waals surface area contributed by atoms with Gasteiger partial charge in [0.25, 0.3) is 0 Å². The predicted octanol–water partition coefficient (Wildman–Crippen LogP) is 3.06. The van der Waals surface area contributed by atoms with E-state index in [0.717, 1.165) is 6.54 Å². The van der Waals surface area contributed by atoms with Gasteiger partial charge >= 0.3 is 10.2 Å². The molecular formula is C21H27N3O4S. The summed E-state index contributed by atoms with van der Waals surface area (Å²) in [6, 6.07) is 15.1. The van der Waals surface area contributed by atoms with E-state index in [1.165, 1.54) is 21.5 Å². The third-order valence-electron chi connectivity index (χ3n) is 5.37. The van der Waals surface area contributed by atoms with E-state index in [0.29, 0.717) is 41.8 Å². The molecule has 1 aliphatic carbocycles. The summed E-state index contributed by atoms with van der Waals surface area (Å²) in [5, 5.41) is 3.45. The number of para-hydroxylation sites is 2. The Morgan fingerprint density at radius 1 is 1.10 bits per heavy atom. The fraction of sp³-hybridized carbons (Fsp3) is 0.429. The number of methoxy groups -OCH3 is 2. The van der Waals surface area contributed by atoms with Crippen LogP contribution in [0.2, 0.25) is 0 Å². The van der Waals surface area contributed by atoms with Gasteiger partial charge in [-0.05, 0) is 43.5 Å². The summed E-state index contributed by atoms with van der Waals surface area (Å²) in [5.74, 6) is 0.610. The zero-order valence-corrected chi connectivity index (χ0v) is 17.6. The second kappa shape index (κ2) is 8.22. The maximum Gasteiger partial charge on any atom is 0.330 e. The molecule has 4 rings (SSSR count). The van der Waals surface area contributed by atoms with Crippen molar-refractivity contribution in [2.24, 2.45) is 0 Å². The molecule has 1 heterocycles. The van der Waals surface area contributed by atoms with Gasteiger partial charge in [-0.1, -0.05) is 18.2 Å². The molecule has 0 radical (unpaired) electrons. The van der Waals surface area contributed by atoms with E-state index in [1.807, 2.05) is 24.3 Å². The van der Waals surface area contributed by atoms with Crippen molar-refractivity contribution in [3.8, 4) is 5.75 Å². The van der Waals surface area contributed by atoms with E-state index >= 15 is 0 Å². The van der Waals surface area contributed by atoms with E-state index in [9.17, 15) is 8.42 Å². The molecule has 0 unspecified atom stereocenters. The normalized spacial score (nSPS) is 18.6. The largest absolute Gasteiger partial charge is 0.497 e. The zero-order chi connectivity index (χ0) is 20.4. The number of nitrogens with one attached hydrogen (secondary N) is 1. The van der Waals surface area contributed by atoms with Crippen LogP contribution in [0.4, 0.5) is 17.1 Å². The first-order valence-electron chi connectivity index (χ1n) is 9.87. The number of hydrogen-bond donors (Lipinski definition) is 1. The maximum atomic E-state index is 13.5. The fourth-order valence-corrected chi connectivity index (χ4v) is 5.31. The highest BCUT2D eigenvalue weighted by molar-refractivity contribution is 7.95. The summed E-state index contributed by atoms with van der Waals surface area (Å²) in [5.41, 5.74) is 1.88. The molecule has 156 valence electrons. The van der Waals surface area contributed by atoms with E-state index in [1.54, 1.807) is 38.5 Å². The molecule has 1 aliphatic heterocycles. The lowest BCUT2D eigenvalue weighted by atomic mass is 10.2. The van der Waals surface area contributed by atoms with Gasteiger partial charge in [-0.25, -0.2) is 4.31 Å². The Morgan fingerprint density at radius 3 is 2.55 bits per heavy atom. The molecule has 1 atom stereocenters. The summed E-state index contributed by atoms with van der Waals surface area (Å²) in [6.45, 7) is 1.08. The molecule has 1 fully saturated rings. The minimum Gasteiger partial charge on any atom is -0.497 e. The molecule has 0 aromatic heterocycles. The molecule has 1 saturated carbocycles. The first kappa shape index (κ1) is 20.0. The number of hydrogen-bond acceptors (Lipinski definition) is 5. The third kappa shape index (κ3) is 4.05. The van der Waals surface area contributed by atoms with Gasteiger partial charge in [-0.2, -0.15) is 8.42 Å². The molecule has 0 spiro atoms. The van der Waals surface area contributed by atoms with Gasteiger partial charge < -0.3 is 14.8 Å². The number of rotatable bonds is 9. The SMILES string of the molecule is COc1cccc(N2c3ccccc3N(CC[C@@H](CNC3CC3)OC)S2(=O)=O)c1. The van der Waals surface area contributed by atoms with E-state index in [4.69, 9.17) is 9.47 Å². The van der Waals surface area contributed by atoms with Crippen molar-refractivity contribution >= 4 is 27.3 Å². The van der Waals surface area contributed by atoms with Gasteiger partial charge in [0.15, 0.2) is 0 Å². The summed E-state index contributed by atoms with van der Waals surface area (Å²) in [4.78, 5) is 0. The lowest BCUT2D eigenvalue weighted by molar-refractivity contribution is 0.0964. The van der Waals surface area contributed by atoms with Gasteiger partial charge in [0, 0.05) is 32.3 Å². The van der Waals surface area contributed by atoms with E-state index < -0.39 is 10.2 Å². The lowest BCUT2D eigenvalue weighted by Crippen LogP contribution is -2.39. The standard InChI is InChI=1S/C21H27N3O4S/c1-27-18-7-5-6-17(14-18)24-21-9-4-3-8-20(21)23(29(24,25)26)13-12-19(28-2)15-22-16-10-11-16/h3-9,14,16,19,22H,10-13,15H2,1-2H3/t19-/m0/s1. The molecule has 0 saturated heterocycles. The molecule has 8 heteroatoms. The predicted molar refractivity (Wildman–Crippen MR) is 114 cm³/mol. The average Bonchev–Trinajstić information content (AvgIpc) is 3.52. The number of fused-ring (bicyclic) bond motifs is 1. The Morgan fingerprint density at radius 2 is 1.86 bits per heavy atom. The molecule has 0 amide bonds. The molecule has 2 aliphatic rings. The van der Waals surface area contributed by atoms with Crippen LogP contribution < -0.4 is 18.7 Å². The van der Waals surface area contributed by atoms with E-state index in [-0.39, 0.29) is 6.10 Å². The van der Waals surface area contributed by atoms with Crippen molar-refractivity contribution < 1.29 is 17.9 Å². The first-order valence-corrected chi connectivity index (χ1v) is 11.3. The van der Waals surface area contributed by atoms with Crippen LogP contribution >= 0.6 is 0 Å². The second-order valence-corrected chi connectivity index (χ2v) is 9.07. The smallest absolute Gasteiger partial charge is 0.330 e. The summed E-state index contributed by atoms with van der Waals surface area (Å²) >= 11 is 0. The van der Waals surface area contributed by atoms with Gasteiger partial charge in [0.05, 0.1) is 30.3 Å². The average molecular weight is 418 g/mol. The Hall–Kier alpha value is -2.29. The van der Waals surface area contributed by atoms with Crippen LogP contribution in [-0.2, 0) is 14.9 Å². The highest BCUT2D eigenvalue weighted by Gasteiger charge is 2.41. The lowest BCUT2D eigenvalue weighted by Gasteiger charge is -2.24. The van der Waals surface area contributed by atoms with Gasteiger partial charge in [-0.15, -0.1) is 0 Å². The molecule has 2 aromatic rings. The molecule has 1 N–H and O–H groups in total. The quantitative estimate of drug-likeness (QED) is 0.679. The zero-order valence-electron chi connectivity index (χ0n) is 16.7. The first-order chi connectivity index (χ1) is 14.0. The van der Waals surface area contributed by atoms with Crippen molar-refractivity contribution in [1.29, 1.82) is 0 Å². The minimum absolute atomic E-state index is 0.0381. The third-order valence-corrected chi connectivity index (χ3v) is 7.17. The Kier molecular flexibility index (Phi) is 5.67. The monoisotopic (exact) mass is 417 g/mol. The maximum absolute atomic E-state index is 13.5. The van der Waals surface area contributed by atoms with Gasteiger partial charge in [0.1, 0.15) is 5.75 Å². The second-order valence-electron chi connectivity index (χ2n) is 7.36. The van der Waals surface area contributed by atoms with Crippen molar-refractivity contribution in [1.82, 2.24) is 5.32 Å². The molecular weight excluding hydrogens is 390 g/mol. The van der Waals surface area contributed by atoms with Crippen LogP contribution in [0.25, 0.3) is 0 Å². The Bertz CT molecular complexity index is 962. The van der Waals surface area contributed by atoms with Crippen LogP contribution in [0.5, 0.6) is 5.75 Å². The Labute approximate surface area is 172 Å². The van der Waals surface area contributed by atoms with Crippen molar-refractivity contribution in [2.45, 2.75) is 31.4 Å². The van der Waals surface area contributed by atoms with Crippen LogP contribution in [0.15, 0.2) is 48.5 Å². The number of benzene rings is 2. The number of nitrogens with zero attached hydrogens (tertiary/aromatic N) is 2. The molecule has 29 heavy (non-hydrogen) atoms. The molecule has 2 aromatic carbocycles. The van der Waals surface area contributed by atoms with Crippen LogP contribution in [0.3, 0.4) is 0 Å². The highest BCUT2D eigenvalue weighted by Crippen LogP contribution is 2.45. The fourth-order valence-electron chi connectivity index (χ4n) is 3.59. The summed E-state index contributed by atoms with van der Waals surface area (Å²) in [6.07, 6.45) is 2.99. The van der Waals surface area contributed by atoms with E-state index in [2.05, 4.69) is 5.32 Å². The van der Waals surface area contributed by atoms with Gasteiger partial charge in [-0.3, -0.25) is 4.31 Å². The Balaban J connectivity index is 1.59. The highest BCUT2D eigenvalue weighted by atomic mass is 32.2. The molecule has 0 bridgehead atoms. The topological polar surface area (TPSA) is 71.1 Å². The summed E-state index contributed by atoms with van der Waals surface area (Å²) < 4.78 is 40.7. The van der Waals surface area contributed by atoms with Crippen molar-refractivity contribution in [3.63, 3.8) is 0 Å².